The number of hydrogen-bond acceptors (Lipinski definition) is 0. The van der Waals surface area contributed by atoms with Crippen LogP contribution in [0.3, 0.4) is 0 Å². The lowest BCUT2D eigenvalue weighted by Gasteiger charge is -2.42. The van der Waals surface area contributed by atoms with E-state index in [1.807, 2.05) is 0 Å². The van der Waals surface area contributed by atoms with E-state index in [0.717, 1.165) is 47.3 Å². The predicted octanol–water partition coefficient (Wildman–Crippen LogP) is 4.68. The van der Waals surface area contributed by atoms with Gasteiger partial charge in [0.05, 0.1) is 0 Å². The smallest absolute Gasteiger partial charge is 0.0194 e. The molecular formula is C18H26. The van der Waals surface area contributed by atoms with Gasteiger partial charge in [-0.15, -0.1) is 6.58 Å². The van der Waals surface area contributed by atoms with Gasteiger partial charge in [0.1, 0.15) is 0 Å². The molecule has 3 fully saturated rings. The van der Waals surface area contributed by atoms with Crippen molar-refractivity contribution < 1.29 is 0 Å². The Hall–Kier alpha value is -0.520. The van der Waals surface area contributed by atoms with Gasteiger partial charge in [0, 0.05) is 0 Å². The monoisotopic (exact) mass is 242 g/mol. The highest BCUT2D eigenvalue weighted by molar-refractivity contribution is 5.21. The normalized spacial score (nSPS) is 55.2. The minimum Gasteiger partial charge on any atom is -0.103 e. The second kappa shape index (κ2) is 3.99. The SMILES string of the molecule is C=CCCC1C(CC)C2CC1C1C3C=CC(C3)C21. The third-order valence-corrected chi connectivity index (χ3v) is 6.94. The lowest BCUT2D eigenvalue weighted by atomic mass is 9.63. The van der Waals surface area contributed by atoms with Crippen molar-refractivity contribution in [3.05, 3.63) is 24.8 Å². The maximum atomic E-state index is 3.93. The van der Waals surface area contributed by atoms with Crippen LogP contribution >= 0.6 is 0 Å². The average molecular weight is 242 g/mol. The summed E-state index contributed by atoms with van der Waals surface area (Å²) >= 11 is 0. The first-order valence-electron chi connectivity index (χ1n) is 8.14. The topological polar surface area (TPSA) is 0 Å². The fourth-order valence-corrected chi connectivity index (χ4v) is 6.63. The number of rotatable bonds is 4. The predicted molar refractivity (Wildman–Crippen MR) is 76.0 cm³/mol. The second-order valence-corrected chi connectivity index (χ2v) is 7.27. The molecule has 0 aromatic rings. The lowest BCUT2D eigenvalue weighted by Crippen LogP contribution is -2.36. The third kappa shape index (κ3) is 1.27. The molecule has 4 bridgehead atoms. The van der Waals surface area contributed by atoms with E-state index in [2.05, 4.69) is 31.7 Å². The molecule has 0 saturated heterocycles. The Bertz CT molecular complexity index is 379. The van der Waals surface area contributed by atoms with Gasteiger partial charge in [-0.05, 0) is 73.0 Å². The van der Waals surface area contributed by atoms with E-state index in [-0.39, 0.29) is 0 Å². The van der Waals surface area contributed by atoms with Crippen LogP contribution in [-0.2, 0) is 0 Å². The summed E-state index contributed by atoms with van der Waals surface area (Å²) < 4.78 is 0. The molecule has 0 nitrogen and oxygen atoms in total. The standard InChI is InChI=1S/C18H26/c1-3-5-6-14-13(4-2)15-10-16(14)18-12-8-7-11(9-12)17(15)18/h3,7-8,11-18H,1,4-6,9-10H2,2H3. The Morgan fingerprint density at radius 3 is 2.33 bits per heavy atom. The van der Waals surface area contributed by atoms with E-state index in [1.165, 1.54) is 25.7 Å². The number of hydrogen-bond donors (Lipinski definition) is 0. The highest BCUT2D eigenvalue weighted by atomic mass is 14.7. The molecular weight excluding hydrogens is 216 g/mol. The maximum Gasteiger partial charge on any atom is -0.0194 e. The quantitative estimate of drug-likeness (QED) is 0.496. The molecule has 8 atom stereocenters. The van der Waals surface area contributed by atoms with Gasteiger partial charge < -0.3 is 0 Å². The first kappa shape index (κ1) is 11.3. The fraction of sp³-hybridized carbons (Fsp3) is 0.778. The Morgan fingerprint density at radius 1 is 1.06 bits per heavy atom. The largest absolute Gasteiger partial charge is 0.103 e. The molecule has 0 aromatic heterocycles. The molecule has 0 aromatic carbocycles. The fourth-order valence-electron chi connectivity index (χ4n) is 6.63. The molecule has 0 N–H and O–H groups in total. The van der Waals surface area contributed by atoms with Crippen molar-refractivity contribution in [3.63, 3.8) is 0 Å². The lowest BCUT2D eigenvalue weighted by molar-refractivity contribution is 0.0806. The van der Waals surface area contributed by atoms with Gasteiger partial charge in [-0.25, -0.2) is 0 Å². The van der Waals surface area contributed by atoms with Crippen LogP contribution in [-0.4, -0.2) is 0 Å². The van der Waals surface area contributed by atoms with Crippen molar-refractivity contribution in [1.29, 1.82) is 0 Å². The Morgan fingerprint density at radius 2 is 1.72 bits per heavy atom. The maximum absolute atomic E-state index is 3.93. The second-order valence-electron chi connectivity index (χ2n) is 7.27. The van der Waals surface area contributed by atoms with E-state index < -0.39 is 0 Å². The molecule has 3 saturated carbocycles. The summed E-state index contributed by atoms with van der Waals surface area (Å²) in [5.41, 5.74) is 0. The van der Waals surface area contributed by atoms with E-state index >= 15 is 0 Å². The summed E-state index contributed by atoms with van der Waals surface area (Å²) in [6, 6.07) is 0. The summed E-state index contributed by atoms with van der Waals surface area (Å²) in [6.07, 6.45) is 14.4. The molecule has 0 aliphatic heterocycles. The van der Waals surface area contributed by atoms with Gasteiger partial charge in [0.25, 0.3) is 0 Å². The number of allylic oxidation sites excluding steroid dienone is 3. The molecule has 0 radical (unpaired) electrons. The molecule has 0 heterocycles. The van der Waals surface area contributed by atoms with Gasteiger partial charge in [0.15, 0.2) is 0 Å². The molecule has 4 aliphatic carbocycles. The van der Waals surface area contributed by atoms with Crippen molar-refractivity contribution in [2.75, 3.05) is 0 Å². The van der Waals surface area contributed by atoms with Crippen LogP contribution in [0.1, 0.15) is 39.0 Å². The summed E-state index contributed by atoms with van der Waals surface area (Å²) in [5, 5.41) is 0. The molecule has 0 amide bonds. The highest BCUT2D eigenvalue weighted by Crippen LogP contribution is 2.69. The van der Waals surface area contributed by atoms with Gasteiger partial charge in [-0.3, -0.25) is 0 Å². The van der Waals surface area contributed by atoms with Crippen molar-refractivity contribution >= 4 is 0 Å². The van der Waals surface area contributed by atoms with Crippen LogP contribution < -0.4 is 0 Å². The van der Waals surface area contributed by atoms with Crippen LogP contribution in [0.15, 0.2) is 24.8 Å². The molecule has 4 rings (SSSR count). The van der Waals surface area contributed by atoms with Crippen LogP contribution in [0.4, 0.5) is 0 Å². The number of fused-ring (bicyclic) bond motifs is 9. The van der Waals surface area contributed by atoms with Gasteiger partial charge >= 0.3 is 0 Å². The van der Waals surface area contributed by atoms with Crippen molar-refractivity contribution in [3.8, 4) is 0 Å². The molecule has 0 spiro atoms. The molecule has 0 heteroatoms. The van der Waals surface area contributed by atoms with Gasteiger partial charge in [-0.1, -0.05) is 31.6 Å². The highest BCUT2D eigenvalue weighted by Gasteiger charge is 2.63. The van der Waals surface area contributed by atoms with Gasteiger partial charge in [0.2, 0.25) is 0 Å². The zero-order valence-electron chi connectivity index (χ0n) is 11.6. The zero-order valence-corrected chi connectivity index (χ0v) is 11.6. The van der Waals surface area contributed by atoms with Crippen molar-refractivity contribution in [2.24, 2.45) is 47.3 Å². The summed E-state index contributed by atoms with van der Waals surface area (Å²) in [7, 11) is 0. The van der Waals surface area contributed by atoms with Crippen LogP contribution in [0, 0.1) is 47.3 Å². The first-order chi connectivity index (χ1) is 8.85. The Kier molecular flexibility index (Phi) is 2.51. The average Bonchev–Trinajstić information content (AvgIpc) is 3.11. The first-order valence-corrected chi connectivity index (χ1v) is 8.14. The van der Waals surface area contributed by atoms with Crippen molar-refractivity contribution in [1.82, 2.24) is 0 Å². The third-order valence-electron chi connectivity index (χ3n) is 6.94. The van der Waals surface area contributed by atoms with E-state index in [9.17, 15) is 0 Å². The zero-order chi connectivity index (χ0) is 12.3. The summed E-state index contributed by atoms with van der Waals surface area (Å²) in [6.45, 7) is 6.36. The molecule has 8 unspecified atom stereocenters. The van der Waals surface area contributed by atoms with Crippen LogP contribution in [0.2, 0.25) is 0 Å². The molecule has 98 valence electrons. The minimum atomic E-state index is 0.971. The van der Waals surface area contributed by atoms with Crippen molar-refractivity contribution in [2.45, 2.75) is 39.0 Å². The molecule has 4 aliphatic rings. The van der Waals surface area contributed by atoms with Gasteiger partial charge in [-0.2, -0.15) is 0 Å². The summed E-state index contributed by atoms with van der Waals surface area (Å²) in [4.78, 5) is 0. The van der Waals surface area contributed by atoms with Crippen LogP contribution in [0.5, 0.6) is 0 Å². The Balaban J connectivity index is 1.62. The minimum absolute atomic E-state index is 0.971. The van der Waals surface area contributed by atoms with E-state index in [4.69, 9.17) is 0 Å². The summed E-state index contributed by atoms with van der Waals surface area (Å²) in [5.74, 6) is 8.36. The Labute approximate surface area is 112 Å². The van der Waals surface area contributed by atoms with E-state index in [0.29, 0.717) is 0 Å². The van der Waals surface area contributed by atoms with Crippen LogP contribution in [0.25, 0.3) is 0 Å². The molecule has 18 heavy (non-hydrogen) atoms. The van der Waals surface area contributed by atoms with E-state index in [1.54, 1.807) is 6.42 Å².